The summed E-state index contributed by atoms with van der Waals surface area (Å²) < 4.78 is 13.5. The number of carbonyl (C=O) groups excluding carboxylic acids is 2. The minimum Gasteiger partial charge on any atom is -0.362 e. The molecule has 2 aliphatic rings. The van der Waals surface area contributed by atoms with Gasteiger partial charge in [0.05, 0.1) is 11.9 Å². The summed E-state index contributed by atoms with van der Waals surface area (Å²) in [6, 6.07) is 9.48. The smallest absolute Gasteiger partial charge is 0.254 e. The Hall–Kier alpha value is -3.28. The van der Waals surface area contributed by atoms with Crippen molar-refractivity contribution >= 4 is 17.4 Å². The maximum absolute atomic E-state index is 13.5. The predicted molar refractivity (Wildman–Crippen MR) is 104 cm³/mol. The van der Waals surface area contributed by atoms with E-state index in [1.54, 1.807) is 36.7 Å². The zero-order valence-electron chi connectivity index (χ0n) is 15.5. The van der Waals surface area contributed by atoms with Crippen molar-refractivity contribution in [1.29, 1.82) is 0 Å². The average Bonchev–Trinajstić information content (AvgIpc) is 2.68. The molecule has 1 atom stereocenters. The Bertz CT molecular complexity index is 994. The Balaban J connectivity index is 1.79. The SMILES string of the molecule is CC1=C(C(=O)Nc2cccnc2)[C@@H](c2ccc(F)cc2)C2=C(CCCC2=O)N1. The summed E-state index contributed by atoms with van der Waals surface area (Å²) >= 11 is 0. The molecule has 6 heteroatoms. The number of dihydropyridines is 1. The van der Waals surface area contributed by atoms with Crippen LogP contribution in [0.3, 0.4) is 0 Å². The number of pyridine rings is 1. The summed E-state index contributed by atoms with van der Waals surface area (Å²) in [5.74, 6) is -1.16. The van der Waals surface area contributed by atoms with Gasteiger partial charge in [-0.2, -0.15) is 0 Å². The van der Waals surface area contributed by atoms with Crippen LogP contribution in [-0.4, -0.2) is 16.7 Å². The number of nitrogens with zero attached hydrogens (tertiary/aromatic N) is 1. The molecule has 4 rings (SSSR count). The van der Waals surface area contributed by atoms with Crippen LogP contribution in [0.25, 0.3) is 0 Å². The number of anilines is 1. The first-order valence-corrected chi connectivity index (χ1v) is 9.25. The Kier molecular flexibility index (Phi) is 4.77. The first kappa shape index (κ1) is 18.1. The molecule has 1 aromatic heterocycles. The Morgan fingerprint density at radius 2 is 2.00 bits per heavy atom. The molecule has 28 heavy (non-hydrogen) atoms. The number of hydrogen-bond donors (Lipinski definition) is 2. The minimum atomic E-state index is -0.527. The van der Waals surface area contributed by atoms with Crippen LogP contribution in [0.4, 0.5) is 10.1 Å². The Labute approximate surface area is 162 Å². The largest absolute Gasteiger partial charge is 0.362 e. The van der Waals surface area contributed by atoms with Crippen molar-refractivity contribution in [2.75, 3.05) is 5.32 Å². The standard InChI is InChI=1S/C22H20FN3O2/c1-13-19(22(28)26-16-4-3-11-24-12-16)20(14-7-9-15(23)10-8-14)21-17(25-13)5-2-6-18(21)27/h3-4,7-12,20,25H,2,5-6H2,1H3,(H,26,28)/t20-/m1/s1. The van der Waals surface area contributed by atoms with E-state index < -0.39 is 5.92 Å². The van der Waals surface area contributed by atoms with Crippen LogP contribution in [0, 0.1) is 5.82 Å². The summed E-state index contributed by atoms with van der Waals surface area (Å²) in [6.45, 7) is 1.83. The van der Waals surface area contributed by atoms with E-state index in [1.165, 1.54) is 12.1 Å². The first-order chi connectivity index (χ1) is 13.5. The van der Waals surface area contributed by atoms with Crippen molar-refractivity contribution in [3.63, 3.8) is 0 Å². The van der Waals surface area contributed by atoms with Gasteiger partial charge in [-0.15, -0.1) is 0 Å². The summed E-state index contributed by atoms with van der Waals surface area (Å²) in [5, 5.41) is 6.12. The van der Waals surface area contributed by atoms with E-state index in [0.29, 0.717) is 29.0 Å². The molecule has 0 unspecified atom stereocenters. The van der Waals surface area contributed by atoms with E-state index in [1.807, 2.05) is 6.92 Å². The van der Waals surface area contributed by atoms with E-state index in [-0.39, 0.29) is 17.5 Å². The van der Waals surface area contributed by atoms with Gasteiger partial charge < -0.3 is 10.6 Å². The second-order valence-electron chi connectivity index (χ2n) is 7.01. The van der Waals surface area contributed by atoms with Crippen LogP contribution < -0.4 is 10.6 Å². The maximum atomic E-state index is 13.5. The number of ketones is 1. The number of halogens is 1. The molecule has 1 amide bonds. The third-order valence-electron chi connectivity index (χ3n) is 5.14. The van der Waals surface area contributed by atoms with Crippen molar-refractivity contribution in [3.8, 4) is 0 Å². The van der Waals surface area contributed by atoms with Gasteiger partial charge in [0.25, 0.3) is 5.91 Å². The van der Waals surface area contributed by atoms with Crippen LogP contribution in [0.5, 0.6) is 0 Å². The molecule has 0 spiro atoms. The van der Waals surface area contributed by atoms with Gasteiger partial charge in [-0.25, -0.2) is 4.39 Å². The summed E-state index contributed by atoms with van der Waals surface area (Å²) in [6.07, 6.45) is 5.18. The van der Waals surface area contributed by atoms with Gasteiger partial charge in [-0.3, -0.25) is 14.6 Å². The summed E-state index contributed by atoms with van der Waals surface area (Å²) in [4.78, 5) is 30.0. The number of Topliss-reactive ketones (excluding diaryl/α,β-unsaturated/α-hetero) is 1. The third-order valence-corrected chi connectivity index (χ3v) is 5.14. The van der Waals surface area contributed by atoms with Gasteiger partial charge >= 0.3 is 0 Å². The zero-order chi connectivity index (χ0) is 19.7. The van der Waals surface area contributed by atoms with Crippen molar-refractivity contribution < 1.29 is 14.0 Å². The first-order valence-electron chi connectivity index (χ1n) is 9.25. The number of rotatable bonds is 3. The second-order valence-corrected chi connectivity index (χ2v) is 7.01. The fraction of sp³-hybridized carbons (Fsp3) is 0.227. The summed E-state index contributed by atoms with van der Waals surface area (Å²) in [7, 11) is 0. The van der Waals surface area contributed by atoms with Gasteiger partial charge in [-0.1, -0.05) is 12.1 Å². The molecule has 142 valence electrons. The van der Waals surface area contributed by atoms with E-state index in [4.69, 9.17) is 0 Å². The number of amides is 1. The van der Waals surface area contributed by atoms with E-state index in [2.05, 4.69) is 15.6 Å². The van der Waals surface area contributed by atoms with Crippen LogP contribution >= 0.6 is 0 Å². The number of allylic oxidation sites excluding steroid dienone is 3. The molecular formula is C22H20FN3O2. The van der Waals surface area contributed by atoms with Gasteiger partial charge in [0.2, 0.25) is 0 Å². The summed E-state index contributed by atoms with van der Waals surface area (Å²) in [5.41, 5.74) is 3.93. The van der Waals surface area contributed by atoms with Crippen LogP contribution in [0.2, 0.25) is 0 Å². The predicted octanol–water partition coefficient (Wildman–Crippen LogP) is 3.83. The Morgan fingerprint density at radius 3 is 2.71 bits per heavy atom. The Morgan fingerprint density at radius 1 is 1.21 bits per heavy atom. The molecular weight excluding hydrogens is 357 g/mol. The van der Waals surface area contributed by atoms with Crippen LogP contribution in [0.1, 0.15) is 37.7 Å². The van der Waals surface area contributed by atoms with Crippen LogP contribution in [-0.2, 0) is 9.59 Å². The molecule has 2 aromatic rings. The highest BCUT2D eigenvalue weighted by Gasteiger charge is 2.38. The topological polar surface area (TPSA) is 71.1 Å². The highest BCUT2D eigenvalue weighted by Crippen LogP contribution is 2.42. The highest BCUT2D eigenvalue weighted by molar-refractivity contribution is 6.09. The van der Waals surface area contributed by atoms with E-state index >= 15 is 0 Å². The number of hydrogen-bond acceptors (Lipinski definition) is 4. The molecule has 0 saturated carbocycles. The molecule has 0 saturated heterocycles. The molecule has 2 heterocycles. The molecule has 1 aromatic carbocycles. The average molecular weight is 377 g/mol. The van der Waals surface area contributed by atoms with Gasteiger partial charge in [0.15, 0.2) is 5.78 Å². The van der Waals surface area contributed by atoms with Gasteiger partial charge in [-0.05, 0) is 49.6 Å². The number of benzene rings is 1. The van der Waals surface area contributed by atoms with Crippen LogP contribution in [0.15, 0.2) is 71.3 Å². The molecule has 0 fully saturated rings. The molecule has 5 nitrogen and oxygen atoms in total. The molecule has 1 aliphatic carbocycles. The van der Waals surface area contributed by atoms with Crippen molar-refractivity contribution in [2.45, 2.75) is 32.1 Å². The van der Waals surface area contributed by atoms with Gasteiger partial charge in [0.1, 0.15) is 5.82 Å². The van der Waals surface area contributed by atoms with Crippen molar-refractivity contribution in [3.05, 3.63) is 82.7 Å². The lowest BCUT2D eigenvalue weighted by molar-refractivity contribution is -0.116. The number of nitrogens with one attached hydrogen (secondary N) is 2. The lowest BCUT2D eigenvalue weighted by Gasteiger charge is -2.34. The highest BCUT2D eigenvalue weighted by atomic mass is 19.1. The zero-order valence-corrected chi connectivity index (χ0v) is 15.5. The minimum absolute atomic E-state index is 0.0299. The lowest BCUT2D eigenvalue weighted by Crippen LogP contribution is -2.35. The van der Waals surface area contributed by atoms with E-state index in [0.717, 1.165) is 24.1 Å². The third kappa shape index (κ3) is 3.33. The van der Waals surface area contributed by atoms with E-state index in [9.17, 15) is 14.0 Å². The molecule has 2 N–H and O–H groups in total. The maximum Gasteiger partial charge on any atom is 0.254 e. The molecule has 1 aliphatic heterocycles. The number of carbonyl (C=O) groups is 2. The monoisotopic (exact) mass is 377 g/mol. The number of aromatic nitrogens is 1. The second kappa shape index (κ2) is 7.38. The lowest BCUT2D eigenvalue weighted by atomic mass is 9.75. The fourth-order valence-electron chi connectivity index (χ4n) is 3.91. The van der Waals surface area contributed by atoms with Crippen molar-refractivity contribution in [2.24, 2.45) is 0 Å². The normalized spacial score (nSPS) is 19.2. The quantitative estimate of drug-likeness (QED) is 0.853. The van der Waals surface area contributed by atoms with Gasteiger partial charge in [0, 0.05) is 41.1 Å². The fourth-order valence-corrected chi connectivity index (χ4v) is 3.91. The molecule has 0 bridgehead atoms. The van der Waals surface area contributed by atoms with Crippen molar-refractivity contribution in [1.82, 2.24) is 10.3 Å². The molecule has 0 radical (unpaired) electrons.